The van der Waals surface area contributed by atoms with Crippen LogP contribution in [-0.2, 0) is 16.6 Å². The molecule has 0 unspecified atom stereocenters. The first-order valence-electron chi connectivity index (χ1n) is 11.5. The van der Waals surface area contributed by atoms with Gasteiger partial charge in [0, 0.05) is 43.6 Å². The highest BCUT2D eigenvalue weighted by Gasteiger charge is 2.43. The maximum absolute atomic E-state index is 12.1. The Kier molecular flexibility index (Phi) is 4.94. The lowest BCUT2D eigenvalue weighted by atomic mass is 9.92. The van der Waals surface area contributed by atoms with Crippen molar-refractivity contribution >= 4 is 23.3 Å². The molecule has 11 nitrogen and oxygen atoms in total. The second kappa shape index (κ2) is 8.01. The smallest absolute Gasteiger partial charge is 0.407 e. The van der Waals surface area contributed by atoms with Gasteiger partial charge in [-0.3, -0.25) is 14.4 Å². The number of rotatable bonds is 5. The summed E-state index contributed by atoms with van der Waals surface area (Å²) in [6.07, 6.45) is 5.55. The van der Waals surface area contributed by atoms with Gasteiger partial charge < -0.3 is 19.9 Å². The monoisotopic (exact) mass is 466 g/mol. The first-order valence-corrected chi connectivity index (χ1v) is 11.5. The molecule has 178 valence electrons. The van der Waals surface area contributed by atoms with Crippen molar-refractivity contribution in [3.05, 3.63) is 30.6 Å². The first-order chi connectivity index (χ1) is 16.5. The van der Waals surface area contributed by atoms with Crippen molar-refractivity contribution in [2.24, 2.45) is 13.0 Å². The molecule has 2 N–H and O–H groups in total. The summed E-state index contributed by atoms with van der Waals surface area (Å²) in [5, 5.41) is 21.3. The van der Waals surface area contributed by atoms with E-state index in [1.807, 2.05) is 31.4 Å². The predicted octanol–water partition coefficient (Wildman–Crippen LogP) is 2.37. The number of carbonyl (C=O) groups excluding carboxylic acids is 1. The zero-order valence-electron chi connectivity index (χ0n) is 18.8. The van der Waals surface area contributed by atoms with Gasteiger partial charge in [-0.25, -0.2) is 9.31 Å². The van der Waals surface area contributed by atoms with Gasteiger partial charge in [0.05, 0.1) is 37.0 Å². The molecule has 2 saturated heterocycles. The number of carbonyl (C=O) groups is 2. The normalized spacial score (nSPS) is 24.3. The van der Waals surface area contributed by atoms with Gasteiger partial charge in [0.1, 0.15) is 11.8 Å². The number of carboxylic acid groups (broad SMARTS) is 1. The van der Waals surface area contributed by atoms with Gasteiger partial charge in [-0.15, -0.1) is 0 Å². The summed E-state index contributed by atoms with van der Waals surface area (Å²) in [6.45, 7) is 0.778. The maximum atomic E-state index is 12.1. The van der Waals surface area contributed by atoms with Crippen LogP contribution < -0.4 is 10.1 Å². The van der Waals surface area contributed by atoms with E-state index in [9.17, 15) is 14.7 Å². The molecule has 3 fully saturated rings. The zero-order valence-corrected chi connectivity index (χ0v) is 18.8. The number of anilines is 1. The molecule has 1 aliphatic carbocycles. The Morgan fingerprint density at radius 1 is 1.21 bits per heavy atom. The second-order valence-electron chi connectivity index (χ2n) is 9.31. The van der Waals surface area contributed by atoms with E-state index in [-0.39, 0.29) is 30.0 Å². The highest BCUT2D eigenvalue weighted by molar-refractivity contribution is 5.93. The number of nitrogens with zero attached hydrogens (tertiary/aromatic N) is 5. The van der Waals surface area contributed by atoms with Crippen molar-refractivity contribution in [2.45, 2.75) is 43.9 Å². The number of aryl methyl sites for hydroxylation is 1. The quantitative estimate of drug-likeness (QED) is 0.592. The number of morpholine rings is 1. The number of ether oxygens (including phenoxy) is 2. The minimum atomic E-state index is -0.902. The Hall–Kier alpha value is -3.60. The number of amides is 2. The topological polar surface area (TPSA) is 123 Å². The SMILES string of the molecule is Cn1ncc(OC2C[C@H]3COC[C@H](C2)N3C(=O)O)c1-c1ccn2nc(NC(=O)C3CC3)cc2c1. The van der Waals surface area contributed by atoms with E-state index in [0.29, 0.717) is 37.6 Å². The van der Waals surface area contributed by atoms with Crippen molar-refractivity contribution in [1.82, 2.24) is 24.3 Å². The molecule has 2 amide bonds. The lowest BCUT2D eigenvalue weighted by molar-refractivity contribution is -0.117. The molecular weight excluding hydrogens is 440 g/mol. The number of hydrogen-bond donors (Lipinski definition) is 2. The molecule has 2 bridgehead atoms. The largest absolute Gasteiger partial charge is 0.486 e. The fraction of sp³-hybridized carbons (Fsp3) is 0.478. The number of hydrogen-bond acceptors (Lipinski definition) is 6. The summed E-state index contributed by atoms with van der Waals surface area (Å²) in [5.41, 5.74) is 2.58. The van der Waals surface area contributed by atoms with Gasteiger partial charge in [0.2, 0.25) is 5.91 Å². The van der Waals surface area contributed by atoms with Gasteiger partial charge in [-0.1, -0.05) is 0 Å². The lowest BCUT2D eigenvalue weighted by Gasteiger charge is -2.46. The van der Waals surface area contributed by atoms with Gasteiger partial charge >= 0.3 is 6.09 Å². The van der Waals surface area contributed by atoms with Crippen LogP contribution in [0.5, 0.6) is 5.75 Å². The Bertz CT molecular complexity index is 1250. The van der Waals surface area contributed by atoms with Crippen LogP contribution >= 0.6 is 0 Å². The Morgan fingerprint density at radius 3 is 2.68 bits per heavy atom. The van der Waals surface area contributed by atoms with E-state index in [1.54, 1.807) is 15.4 Å². The predicted molar refractivity (Wildman–Crippen MR) is 121 cm³/mol. The van der Waals surface area contributed by atoms with Crippen LogP contribution in [0.1, 0.15) is 25.7 Å². The first kappa shape index (κ1) is 21.0. The molecule has 11 heteroatoms. The fourth-order valence-electron chi connectivity index (χ4n) is 5.06. The number of pyridine rings is 1. The summed E-state index contributed by atoms with van der Waals surface area (Å²) in [4.78, 5) is 25.3. The highest BCUT2D eigenvalue weighted by atomic mass is 16.5. The Morgan fingerprint density at radius 2 is 1.97 bits per heavy atom. The van der Waals surface area contributed by atoms with Crippen LogP contribution in [-0.4, -0.2) is 72.8 Å². The third kappa shape index (κ3) is 3.75. The van der Waals surface area contributed by atoms with E-state index in [1.165, 1.54) is 4.90 Å². The molecule has 5 heterocycles. The van der Waals surface area contributed by atoms with Gasteiger partial charge in [0.25, 0.3) is 0 Å². The van der Waals surface area contributed by atoms with Crippen molar-refractivity contribution in [2.75, 3.05) is 18.5 Å². The van der Waals surface area contributed by atoms with Crippen LogP contribution in [0.4, 0.5) is 10.6 Å². The summed E-state index contributed by atoms with van der Waals surface area (Å²) in [7, 11) is 1.86. The molecule has 6 rings (SSSR count). The van der Waals surface area contributed by atoms with Crippen LogP contribution in [0.25, 0.3) is 16.8 Å². The number of aromatic nitrogens is 4. The van der Waals surface area contributed by atoms with E-state index in [2.05, 4.69) is 15.5 Å². The van der Waals surface area contributed by atoms with Crippen molar-refractivity contribution in [3.8, 4) is 17.0 Å². The zero-order chi connectivity index (χ0) is 23.4. The minimum absolute atomic E-state index is 0.0232. The molecule has 2 aliphatic heterocycles. The molecule has 1 saturated carbocycles. The third-order valence-electron chi connectivity index (χ3n) is 6.83. The number of fused-ring (bicyclic) bond motifs is 3. The van der Waals surface area contributed by atoms with Crippen LogP contribution in [0.15, 0.2) is 30.6 Å². The maximum Gasteiger partial charge on any atom is 0.407 e. The molecule has 3 aromatic rings. The van der Waals surface area contributed by atoms with Crippen LogP contribution in [0.3, 0.4) is 0 Å². The molecule has 3 aliphatic rings. The molecule has 2 atom stereocenters. The van der Waals surface area contributed by atoms with Gasteiger partial charge in [-0.2, -0.15) is 10.2 Å². The Labute approximate surface area is 195 Å². The van der Waals surface area contributed by atoms with Crippen molar-refractivity contribution in [3.63, 3.8) is 0 Å². The molecule has 0 aromatic carbocycles. The van der Waals surface area contributed by atoms with E-state index in [0.717, 1.165) is 29.6 Å². The highest BCUT2D eigenvalue weighted by Crippen LogP contribution is 2.35. The van der Waals surface area contributed by atoms with Crippen molar-refractivity contribution in [1.29, 1.82) is 0 Å². The summed E-state index contributed by atoms with van der Waals surface area (Å²) >= 11 is 0. The van der Waals surface area contributed by atoms with Crippen molar-refractivity contribution < 1.29 is 24.2 Å². The molecule has 34 heavy (non-hydrogen) atoms. The summed E-state index contributed by atoms with van der Waals surface area (Å²) in [5.74, 6) is 1.33. The summed E-state index contributed by atoms with van der Waals surface area (Å²) < 4.78 is 15.5. The van der Waals surface area contributed by atoms with Gasteiger partial charge in [-0.05, 0) is 25.0 Å². The van der Waals surface area contributed by atoms with E-state index < -0.39 is 6.09 Å². The van der Waals surface area contributed by atoms with E-state index >= 15 is 0 Å². The Balaban J connectivity index is 1.24. The third-order valence-corrected chi connectivity index (χ3v) is 6.83. The molecular formula is C23H26N6O5. The number of piperidine rings is 1. The second-order valence-corrected chi connectivity index (χ2v) is 9.31. The molecule has 0 spiro atoms. The average Bonchev–Trinajstić information content (AvgIpc) is 3.48. The molecule has 0 radical (unpaired) electrons. The summed E-state index contributed by atoms with van der Waals surface area (Å²) in [6, 6.07) is 5.36. The lowest BCUT2D eigenvalue weighted by Crippen LogP contribution is -2.60. The standard InChI is InChI=1S/C23H26N6O5/c1-27-21(14-4-5-28-15(6-14)9-20(26-28)25-22(30)13-2-3-13)19(10-24-27)34-18-7-16-11-33-12-17(8-18)29(16)23(31)32/h4-6,9-10,13,16-18H,2-3,7-8,11-12H2,1H3,(H,31,32)(H,25,26,30)/t16-,17-/m0/s1. The molecule has 3 aromatic heterocycles. The average molecular weight is 466 g/mol. The minimum Gasteiger partial charge on any atom is -0.486 e. The van der Waals surface area contributed by atoms with Crippen LogP contribution in [0, 0.1) is 5.92 Å². The number of nitrogens with one attached hydrogen (secondary N) is 1. The van der Waals surface area contributed by atoms with E-state index in [4.69, 9.17) is 9.47 Å². The fourth-order valence-corrected chi connectivity index (χ4v) is 5.06. The van der Waals surface area contributed by atoms with Crippen LogP contribution in [0.2, 0.25) is 0 Å². The van der Waals surface area contributed by atoms with Gasteiger partial charge in [0.15, 0.2) is 11.6 Å².